The van der Waals surface area contributed by atoms with Crippen LogP contribution >= 0.6 is 11.8 Å². The highest BCUT2D eigenvalue weighted by Gasteiger charge is 2.13. The lowest BCUT2D eigenvalue weighted by atomic mass is 10.2. The lowest BCUT2D eigenvalue weighted by Gasteiger charge is -2.26. The molecule has 0 spiro atoms. The summed E-state index contributed by atoms with van der Waals surface area (Å²) < 4.78 is 12.4. The van der Waals surface area contributed by atoms with Crippen LogP contribution in [0, 0.1) is 6.92 Å². The van der Waals surface area contributed by atoms with E-state index in [0.29, 0.717) is 6.61 Å². The van der Waals surface area contributed by atoms with Crippen molar-refractivity contribution in [1.29, 1.82) is 0 Å². The van der Waals surface area contributed by atoms with Gasteiger partial charge >= 0.3 is 0 Å². The molecule has 1 aromatic carbocycles. The van der Waals surface area contributed by atoms with Gasteiger partial charge in [-0.25, -0.2) is 0 Å². The van der Waals surface area contributed by atoms with Crippen LogP contribution in [0.15, 0.2) is 24.3 Å². The molecular formula is C24H43NO2S. The number of thioether (sulfide) groups is 1. The van der Waals surface area contributed by atoms with Gasteiger partial charge in [0.15, 0.2) is 0 Å². The predicted octanol–water partition coefficient (Wildman–Crippen LogP) is 6.54. The molecule has 1 rings (SSSR count). The minimum atomic E-state index is 0.137. The summed E-state index contributed by atoms with van der Waals surface area (Å²) in [5.74, 6) is 3.11. The number of aryl methyl sites for hydroxylation is 1. The first kappa shape index (κ1) is 25.3. The number of benzene rings is 1. The average Bonchev–Trinajstić information content (AvgIpc) is 2.70. The first-order valence-electron chi connectivity index (χ1n) is 11.3. The van der Waals surface area contributed by atoms with Gasteiger partial charge in [-0.05, 0) is 44.1 Å². The number of hydrogen-bond donors (Lipinski definition) is 0. The maximum Gasteiger partial charge on any atom is 0.119 e. The van der Waals surface area contributed by atoms with Crippen molar-refractivity contribution in [2.75, 3.05) is 37.9 Å². The summed E-state index contributed by atoms with van der Waals surface area (Å²) in [6.45, 7) is 12.5. The normalized spacial score (nSPS) is 12.5. The minimum absolute atomic E-state index is 0.137. The molecule has 0 aliphatic rings. The van der Waals surface area contributed by atoms with Crippen molar-refractivity contribution in [2.24, 2.45) is 0 Å². The van der Waals surface area contributed by atoms with E-state index in [4.69, 9.17) is 9.47 Å². The Bertz CT molecular complexity index is 456. The molecule has 0 aliphatic heterocycles. The molecule has 4 heteroatoms. The van der Waals surface area contributed by atoms with Crippen molar-refractivity contribution >= 4 is 11.8 Å². The monoisotopic (exact) mass is 409 g/mol. The predicted molar refractivity (Wildman–Crippen MR) is 125 cm³/mol. The van der Waals surface area contributed by atoms with Crippen LogP contribution < -0.4 is 4.74 Å². The van der Waals surface area contributed by atoms with Gasteiger partial charge in [-0.2, -0.15) is 11.8 Å². The van der Waals surface area contributed by atoms with Crippen molar-refractivity contribution < 1.29 is 9.47 Å². The third kappa shape index (κ3) is 12.7. The third-order valence-electron chi connectivity index (χ3n) is 4.76. The SMILES string of the molecule is CCCCCN(CCCCC)COC(COc1ccc(C)cc1)CSCCC. The Morgan fingerprint density at radius 3 is 2.11 bits per heavy atom. The molecular weight excluding hydrogens is 366 g/mol. The molecule has 28 heavy (non-hydrogen) atoms. The molecule has 162 valence electrons. The molecule has 3 nitrogen and oxygen atoms in total. The van der Waals surface area contributed by atoms with Gasteiger partial charge in [0.2, 0.25) is 0 Å². The van der Waals surface area contributed by atoms with Crippen molar-refractivity contribution in [3.05, 3.63) is 29.8 Å². The molecule has 0 N–H and O–H groups in total. The van der Waals surface area contributed by atoms with Crippen molar-refractivity contribution in [3.63, 3.8) is 0 Å². The van der Waals surface area contributed by atoms with Crippen LogP contribution in [0.25, 0.3) is 0 Å². The molecule has 0 aliphatic carbocycles. The zero-order chi connectivity index (χ0) is 20.5. The Kier molecular flexibility index (Phi) is 15.5. The number of nitrogens with zero attached hydrogens (tertiary/aromatic N) is 1. The van der Waals surface area contributed by atoms with Crippen LogP contribution in [-0.4, -0.2) is 48.9 Å². The lowest BCUT2D eigenvalue weighted by molar-refractivity contribution is -0.0307. The van der Waals surface area contributed by atoms with Gasteiger partial charge in [0.25, 0.3) is 0 Å². The van der Waals surface area contributed by atoms with Crippen LogP contribution in [0.2, 0.25) is 0 Å². The number of rotatable bonds is 18. The smallest absolute Gasteiger partial charge is 0.119 e. The summed E-state index contributed by atoms with van der Waals surface area (Å²) in [5.41, 5.74) is 1.26. The topological polar surface area (TPSA) is 21.7 Å². The fraction of sp³-hybridized carbons (Fsp3) is 0.750. The van der Waals surface area contributed by atoms with Crippen molar-refractivity contribution in [1.82, 2.24) is 4.90 Å². The molecule has 0 aromatic heterocycles. The quantitative estimate of drug-likeness (QED) is 0.203. The fourth-order valence-corrected chi connectivity index (χ4v) is 3.86. The van der Waals surface area contributed by atoms with Crippen LogP contribution in [0.5, 0.6) is 5.75 Å². The molecule has 0 fully saturated rings. The largest absolute Gasteiger partial charge is 0.491 e. The third-order valence-corrected chi connectivity index (χ3v) is 6.06. The highest BCUT2D eigenvalue weighted by Crippen LogP contribution is 2.15. The molecule has 0 bridgehead atoms. The number of ether oxygens (including phenoxy) is 2. The van der Waals surface area contributed by atoms with E-state index in [1.807, 2.05) is 23.9 Å². The molecule has 0 amide bonds. The van der Waals surface area contributed by atoms with Crippen LogP contribution in [0.3, 0.4) is 0 Å². The maximum absolute atomic E-state index is 6.34. The van der Waals surface area contributed by atoms with Crippen LogP contribution in [-0.2, 0) is 4.74 Å². The molecule has 0 saturated heterocycles. The van der Waals surface area contributed by atoms with E-state index in [0.717, 1.165) is 31.3 Å². The van der Waals surface area contributed by atoms with E-state index in [9.17, 15) is 0 Å². The molecule has 1 aromatic rings. The Balaban J connectivity index is 2.50. The summed E-state index contributed by atoms with van der Waals surface area (Å²) in [5, 5.41) is 0. The highest BCUT2D eigenvalue weighted by atomic mass is 32.2. The van der Waals surface area contributed by atoms with E-state index in [1.165, 1.54) is 56.3 Å². The van der Waals surface area contributed by atoms with Crippen molar-refractivity contribution in [2.45, 2.75) is 78.7 Å². The second-order valence-electron chi connectivity index (χ2n) is 7.65. The summed E-state index contributed by atoms with van der Waals surface area (Å²) in [6.07, 6.45) is 9.01. The fourth-order valence-electron chi connectivity index (χ4n) is 2.95. The molecule has 0 heterocycles. The Morgan fingerprint density at radius 2 is 1.54 bits per heavy atom. The zero-order valence-corrected chi connectivity index (χ0v) is 19.6. The standard InChI is InChI=1S/C24H43NO2S/c1-5-8-10-16-25(17-11-9-6-2)21-27-24(20-28-18-7-3)19-26-23-14-12-22(4)13-15-23/h12-15,24H,5-11,16-21H2,1-4H3. The van der Waals surface area contributed by atoms with Gasteiger partial charge in [-0.3, -0.25) is 4.90 Å². The Hall–Kier alpha value is -0.710. The minimum Gasteiger partial charge on any atom is -0.491 e. The van der Waals surface area contributed by atoms with E-state index < -0.39 is 0 Å². The summed E-state index contributed by atoms with van der Waals surface area (Å²) in [7, 11) is 0. The Labute approximate surface area is 178 Å². The van der Waals surface area contributed by atoms with E-state index in [2.05, 4.69) is 44.7 Å². The second kappa shape index (κ2) is 17.2. The summed E-state index contributed by atoms with van der Waals surface area (Å²) in [4.78, 5) is 2.49. The van der Waals surface area contributed by atoms with E-state index >= 15 is 0 Å². The first-order valence-corrected chi connectivity index (χ1v) is 12.5. The van der Waals surface area contributed by atoms with E-state index in [-0.39, 0.29) is 6.10 Å². The van der Waals surface area contributed by atoms with Crippen molar-refractivity contribution in [3.8, 4) is 5.75 Å². The first-order chi connectivity index (χ1) is 13.7. The van der Waals surface area contributed by atoms with E-state index in [1.54, 1.807) is 0 Å². The molecule has 0 saturated carbocycles. The second-order valence-corrected chi connectivity index (χ2v) is 8.80. The maximum atomic E-state index is 6.34. The summed E-state index contributed by atoms with van der Waals surface area (Å²) >= 11 is 1.97. The van der Waals surface area contributed by atoms with Gasteiger partial charge in [0, 0.05) is 18.8 Å². The van der Waals surface area contributed by atoms with Gasteiger partial charge in [0.05, 0.1) is 6.73 Å². The molecule has 0 radical (unpaired) electrons. The summed E-state index contributed by atoms with van der Waals surface area (Å²) in [6, 6.07) is 8.29. The van der Waals surface area contributed by atoms with Crippen LogP contribution in [0.1, 0.15) is 71.3 Å². The van der Waals surface area contributed by atoms with Gasteiger partial charge < -0.3 is 9.47 Å². The molecule has 1 atom stereocenters. The number of hydrogen-bond acceptors (Lipinski definition) is 4. The van der Waals surface area contributed by atoms with Gasteiger partial charge in [-0.1, -0.05) is 64.2 Å². The lowest BCUT2D eigenvalue weighted by Crippen LogP contribution is -2.34. The molecule has 1 unspecified atom stereocenters. The average molecular weight is 410 g/mol. The zero-order valence-electron chi connectivity index (χ0n) is 18.8. The van der Waals surface area contributed by atoms with Crippen LogP contribution in [0.4, 0.5) is 0 Å². The van der Waals surface area contributed by atoms with Gasteiger partial charge in [-0.15, -0.1) is 0 Å². The van der Waals surface area contributed by atoms with Gasteiger partial charge in [0.1, 0.15) is 18.5 Å². The highest BCUT2D eigenvalue weighted by molar-refractivity contribution is 7.99. The Morgan fingerprint density at radius 1 is 0.893 bits per heavy atom. The number of unbranched alkanes of at least 4 members (excludes halogenated alkanes) is 4.